The van der Waals surface area contributed by atoms with Crippen molar-refractivity contribution in [1.29, 1.82) is 5.41 Å². The van der Waals surface area contributed by atoms with E-state index in [-0.39, 0.29) is 11.6 Å². The van der Waals surface area contributed by atoms with Crippen molar-refractivity contribution in [2.45, 2.75) is 25.7 Å². The van der Waals surface area contributed by atoms with E-state index in [1.54, 1.807) is 20.3 Å². The van der Waals surface area contributed by atoms with E-state index in [2.05, 4.69) is 16.3 Å². The summed E-state index contributed by atoms with van der Waals surface area (Å²) in [7, 11) is 3.28. The number of H-pyrrole nitrogens is 1. The molecule has 7 nitrogen and oxygen atoms in total. The van der Waals surface area contributed by atoms with Crippen LogP contribution in [0.3, 0.4) is 0 Å². The molecule has 0 atom stereocenters. The summed E-state index contributed by atoms with van der Waals surface area (Å²) in [5.41, 5.74) is 9.80. The first-order chi connectivity index (χ1) is 13.0. The van der Waals surface area contributed by atoms with Gasteiger partial charge in [-0.3, -0.25) is 9.89 Å². The van der Waals surface area contributed by atoms with Gasteiger partial charge in [-0.05, 0) is 49.5 Å². The second-order valence-electron chi connectivity index (χ2n) is 6.75. The number of benzene rings is 1. The lowest BCUT2D eigenvalue weighted by atomic mass is 9.91. The number of nitrogens with zero attached hydrogens (tertiary/aromatic N) is 3. The minimum absolute atomic E-state index is 0.0320. The predicted octanol–water partition coefficient (Wildman–Crippen LogP) is 3.09. The van der Waals surface area contributed by atoms with Crippen molar-refractivity contribution < 1.29 is 4.79 Å². The molecule has 0 fully saturated rings. The molecule has 1 aromatic carbocycles. The third-order valence-electron chi connectivity index (χ3n) is 4.59. The lowest BCUT2D eigenvalue weighted by Crippen LogP contribution is -2.30. The normalized spacial score (nSPS) is 15.9. The van der Waals surface area contributed by atoms with E-state index in [1.165, 1.54) is 4.90 Å². The molecule has 140 valence electrons. The van der Waals surface area contributed by atoms with E-state index in [1.807, 2.05) is 18.2 Å². The highest BCUT2D eigenvalue weighted by Gasteiger charge is 2.21. The van der Waals surface area contributed by atoms with Gasteiger partial charge in [0.2, 0.25) is 0 Å². The summed E-state index contributed by atoms with van der Waals surface area (Å²) in [6.45, 7) is 0. The van der Waals surface area contributed by atoms with Gasteiger partial charge < -0.3 is 16.0 Å². The molecule has 0 unspecified atom stereocenters. The van der Waals surface area contributed by atoms with Gasteiger partial charge in [-0.1, -0.05) is 6.08 Å². The minimum Gasteiger partial charge on any atom is -0.394 e. The summed E-state index contributed by atoms with van der Waals surface area (Å²) in [5, 5.41) is 15.8. The van der Waals surface area contributed by atoms with Crippen LogP contribution in [-0.2, 0) is 4.79 Å². The summed E-state index contributed by atoms with van der Waals surface area (Å²) in [6.07, 6.45) is 9.00. The Kier molecular flexibility index (Phi) is 5.49. The largest absolute Gasteiger partial charge is 0.394 e. The molecular formula is C20H24N6O. The number of carbonyl (C=O) groups is 1. The summed E-state index contributed by atoms with van der Waals surface area (Å²) >= 11 is 0. The number of rotatable bonds is 5. The number of hydrogen-bond acceptors (Lipinski definition) is 5. The average Bonchev–Trinajstić information content (AvgIpc) is 3.15. The van der Waals surface area contributed by atoms with Crippen molar-refractivity contribution in [2.75, 3.05) is 14.1 Å². The quantitative estimate of drug-likeness (QED) is 0.560. The van der Waals surface area contributed by atoms with Crippen LogP contribution in [0.5, 0.6) is 0 Å². The second-order valence-corrected chi connectivity index (χ2v) is 6.75. The number of likely N-dealkylation sites (N-methyl/N-ethyl adjacent to an activating group) is 1. The molecule has 7 heteroatoms. The van der Waals surface area contributed by atoms with E-state index < -0.39 is 0 Å². The van der Waals surface area contributed by atoms with Crippen LogP contribution in [0.4, 0.5) is 5.69 Å². The van der Waals surface area contributed by atoms with Crippen LogP contribution >= 0.6 is 0 Å². The zero-order valence-electron chi connectivity index (χ0n) is 15.6. The first kappa shape index (κ1) is 18.6. The highest BCUT2D eigenvalue weighted by atomic mass is 16.2. The van der Waals surface area contributed by atoms with Crippen LogP contribution in [0.1, 0.15) is 25.7 Å². The first-order valence-electron chi connectivity index (χ1n) is 8.94. The molecule has 1 aromatic heterocycles. The Balaban J connectivity index is 2.15. The number of nitrogens with two attached hydrogens (primary N) is 1. The standard InChI is InChI=1S/C20H24N6O/c1-26(2)20(27)18(22)16(11-21)19(13-6-4-3-5-7-13)24-15-8-9-17-14(10-15)12-23-25-17/h6,8-12,21H,3-5,7,22H2,1-2H3,(H,23,25). The Morgan fingerprint density at radius 3 is 2.85 bits per heavy atom. The molecule has 0 saturated carbocycles. The summed E-state index contributed by atoms with van der Waals surface area (Å²) < 4.78 is 0. The zero-order chi connectivity index (χ0) is 19.4. The maximum absolute atomic E-state index is 12.4. The van der Waals surface area contributed by atoms with Gasteiger partial charge in [-0.15, -0.1) is 0 Å². The molecule has 1 amide bonds. The van der Waals surface area contributed by atoms with Gasteiger partial charge in [0.25, 0.3) is 5.91 Å². The Morgan fingerprint density at radius 2 is 2.19 bits per heavy atom. The van der Waals surface area contributed by atoms with Crippen molar-refractivity contribution in [3.05, 3.63) is 47.3 Å². The van der Waals surface area contributed by atoms with E-state index in [9.17, 15) is 4.79 Å². The molecule has 27 heavy (non-hydrogen) atoms. The fourth-order valence-electron chi connectivity index (χ4n) is 3.12. The number of aliphatic imine (C=N–C) groups is 1. The Bertz CT molecular complexity index is 964. The van der Waals surface area contributed by atoms with Crippen molar-refractivity contribution in [3.8, 4) is 0 Å². The number of aromatic nitrogens is 2. The molecular weight excluding hydrogens is 340 g/mol. The molecule has 1 aliphatic rings. The predicted molar refractivity (Wildman–Crippen MR) is 108 cm³/mol. The molecule has 2 aromatic rings. The van der Waals surface area contributed by atoms with Crippen LogP contribution in [-0.4, -0.2) is 47.0 Å². The van der Waals surface area contributed by atoms with Gasteiger partial charge in [0.1, 0.15) is 5.70 Å². The van der Waals surface area contributed by atoms with E-state index in [0.29, 0.717) is 11.3 Å². The van der Waals surface area contributed by atoms with Crippen LogP contribution in [0.15, 0.2) is 52.3 Å². The Labute approximate surface area is 158 Å². The third kappa shape index (κ3) is 3.97. The SMILES string of the molecule is CN(C)C(=O)C(N)=C(C=N)C(=Nc1ccc2[nH]ncc2c1)C1=CCCCC1. The van der Waals surface area contributed by atoms with Crippen molar-refractivity contribution in [1.82, 2.24) is 15.1 Å². The number of fused-ring (bicyclic) bond motifs is 1. The number of amides is 1. The topological polar surface area (TPSA) is 111 Å². The lowest BCUT2D eigenvalue weighted by molar-refractivity contribution is -0.124. The molecule has 1 heterocycles. The number of aromatic amines is 1. The van der Waals surface area contributed by atoms with Crippen molar-refractivity contribution in [2.24, 2.45) is 10.7 Å². The van der Waals surface area contributed by atoms with Crippen molar-refractivity contribution >= 4 is 34.4 Å². The second kappa shape index (κ2) is 7.99. The molecule has 0 radical (unpaired) electrons. The highest BCUT2D eigenvalue weighted by molar-refractivity contribution is 6.27. The summed E-state index contributed by atoms with van der Waals surface area (Å²) in [6, 6.07) is 5.72. The van der Waals surface area contributed by atoms with E-state index >= 15 is 0 Å². The number of hydrogen-bond donors (Lipinski definition) is 3. The number of carbonyl (C=O) groups excluding carboxylic acids is 1. The van der Waals surface area contributed by atoms with Crippen LogP contribution in [0.25, 0.3) is 10.9 Å². The first-order valence-corrected chi connectivity index (χ1v) is 8.94. The highest BCUT2D eigenvalue weighted by Crippen LogP contribution is 2.26. The molecule has 1 aliphatic carbocycles. The maximum atomic E-state index is 12.4. The molecule has 3 rings (SSSR count). The molecule has 4 N–H and O–H groups in total. The molecule has 0 bridgehead atoms. The fourth-order valence-corrected chi connectivity index (χ4v) is 3.12. The van der Waals surface area contributed by atoms with Crippen LogP contribution in [0, 0.1) is 5.41 Å². The van der Waals surface area contributed by atoms with Gasteiger partial charge in [-0.25, -0.2) is 4.99 Å². The van der Waals surface area contributed by atoms with Gasteiger partial charge in [0, 0.05) is 31.3 Å². The van der Waals surface area contributed by atoms with Crippen molar-refractivity contribution in [3.63, 3.8) is 0 Å². The smallest absolute Gasteiger partial charge is 0.269 e. The molecule has 0 saturated heterocycles. The number of allylic oxidation sites excluding steroid dienone is 3. The third-order valence-corrected chi connectivity index (χ3v) is 4.59. The van der Waals surface area contributed by atoms with Crippen LogP contribution < -0.4 is 5.73 Å². The van der Waals surface area contributed by atoms with Gasteiger partial charge >= 0.3 is 0 Å². The van der Waals surface area contributed by atoms with Gasteiger partial charge in [-0.2, -0.15) is 5.10 Å². The lowest BCUT2D eigenvalue weighted by Gasteiger charge is -2.18. The summed E-state index contributed by atoms with van der Waals surface area (Å²) in [5.74, 6) is -0.331. The van der Waals surface area contributed by atoms with E-state index in [4.69, 9.17) is 16.1 Å². The van der Waals surface area contributed by atoms with E-state index in [0.717, 1.165) is 54.1 Å². The monoisotopic (exact) mass is 364 g/mol. The molecule has 0 spiro atoms. The van der Waals surface area contributed by atoms with Gasteiger partial charge in [0.15, 0.2) is 0 Å². The average molecular weight is 364 g/mol. The Morgan fingerprint density at radius 1 is 1.37 bits per heavy atom. The van der Waals surface area contributed by atoms with Gasteiger partial charge in [0.05, 0.1) is 23.1 Å². The Hall–Kier alpha value is -3.22. The maximum Gasteiger partial charge on any atom is 0.269 e. The minimum atomic E-state index is -0.331. The van der Waals surface area contributed by atoms with Crippen LogP contribution in [0.2, 0.25) is 0 Å². The fraction of sp³-hybridized carbons (Fsp3) is 0.300. The number of nitrogens with one attached hydrogen (secondary N) is 2. The molecule has 0 aliphatic heterocycles. The summed E-state index contributed by atoms with van der Waals surface area (Å²) in [4.78, 5) is 18.6. The zero-order valence-corrected chi connectivity index (χ0v) is 15.6.